The Morgan fingerprint density at radius 3 is 2.47 bits per heavy atom. The van der Waals surface area contributed by atoms with Gasteiger partial charge in [0, 0.05) is 31.2 Å². The van der Waals surface area contributed by atoms with Crippen LogP contribution in [-0.2, 0) is 22.6 Å². The molecule has 2 aromatic carbocycles. The van der Waals surface area contributed by atoms with Crippen LogP contribution in [0.3, 0.4) is 0 Å². The van der Waals surface area contributed by atoms with Gasteiger partial charge in [-0.25, -0.2) is 4.79 Å². The second kappa shape index (κ2) is 9.94. The second-order valence-corrected chi connectivity index (χ2v) is 9.11. The highest BCUT2D eigenvalue weighted by atomic mass is 16.6. The predicted octanol–water partition coefficient (Wildman–Crippen LogP) is 3.98. The number of carbonyl (C=O) groups is 2. The number of nitrogens with zero attached hydrogens (tertiary/aromatic N) is 2. The first kappa shape index (κ1) is 23.4. The van der Waals surface area contributed by atoms with Crippen molar-refractivity contribution < 1.29 is 24.2 Å². The quantitative estimate of drug-likeness (QED) is 0.761. The van der Waals surface area contributed by atoms with Gasteiger partial charge in [0.25, 0.3) is 0 Å². The van der Waals surface area contributed by atoms with Gasteiger partial charge in [0.15, 0.2) is 0 Å². The van der Waals surface area contributed by atoms with Crippen LogP contribution in [0.15, 0.2) is 48.5 Å². The molecule has 2 amide bonds. The Morgan fingerprint density at radius 2 is 1.81 bits per heavy atom. The van der Waals surface area contributed by atoms with Crippen molar-refractivity contribution in [1.82, 2.24) is 9.80 Å². The van der Waals surface area contributed by atoms with E-state index in [-0.39, 0.29) is 30.2 Å². The van der Waals surface area contributed by atoms with Crippen LogP contribution >= 0.6 is 0 Å². The summed E-state index contributed by atoms with van der Waals surface area (Å²) >= 11 is 0. The average Bonchev–Trinajstić information content (AvgIpc) is 2.72. The van der Waals surface area contributed by atoms with Crippen LogP contribution in [0.1, 0.15) is 38.8 Å². The van der Waals surface area contributed by atoms with E-state index in [4.69, 9.17) is 9.47 Å². The number of ether oxygens (including phenoxy) is 2. The molecule has 7 nitrogen and oxygen atoms in total. The van der Waals surface area contributed by atoms with Crippen molar-refractivity contribution >= 4 is 12.0 Å². The molecule has 2 aromatic rings. The SMILES string of the molecule is C[C@@H]1CN(C(=O)OC(C)(C)C)CCN1C(=O)Cc1cc(O)ccc1OCc1ccccc1. The first-order valence-corrected chi connectivity index (χ1v) is 10.9. The Hall–Kier alpha value is -3.22. The Labute approximate surface area is 189 Å². The van der Waals surface area contributed by atoms with Crippen LogP contribution in [0.25, 0.3) is 0 Å². The Bertz CT molecular complexity index is 939. The van der Waals surface area contributed by atoms with Gasteiger partial charge in [0.2, 0.25) is 5.91 Å². The van der Waals surface area contributed by atoms with Gasteiger partial charge in [-0.1, -0.05) is 30.3 Å². The molecule has 1 N–H and O–H groups in total. The maximum absolute atomic E-state index is 13.1. The minimum Gasteiger partial charge on any atom is -0.508 e. The Morgan fingerprint density at radius 1 is 1.09 bits per heavy atom. The summed E-state index contributed by atoms with van der Waals surface area (Å²) in [6, 6.07) is 14.4. The molecule has 0 radical (unpaired) electrons. The number of benzene rings is 2. The lowest BCUT2D eigenvalue weighted by Gasteiger charge is -2.40. The number of carbonyl (C=O) groups excluding carboxylic acids is 2. The molecule has 0 aromatic heterocycles. The summed E-state index contributed by atoms with van der Waals surface area (Å²) in [4.78, 5) is 28.8. The minimum absolute atomic E-state index is 0.0727. The van der Waals surface area contributed by atoms with E-state index in [2.05, 4.69) is 0 Å². The molecule has 1 atom stereocenters. The van der Waals surface area contributed by atoms with Crippen LogP contribution in [-0.4, -0.2) is 58.2 Å². The zero-order chi connectivity index (χ0) is 23.3. The number of rotatable bonds is 5. The monoisotopic (exact) mass is 440 g/mol. The largest absolute Gasteiger partial charge is 0.508 e. The molecular formula is C25H32N2O5. The van der Waals surface area contributed by atoms with Gasteiger partial charge >= 0.3 is 6.09 Å². The van der Waals surface area contributed by atoms with Crippen molar-refractivity contribution in [2.75, 3.05) is 19.6 Å². The summed E-state index contributed by atoms with van der Waals surface area (Å²) in [6.45, 7) is 9.06. The third-order valence-electron chi connectivity index (χ3n) is 5.22. The molecule has 0 aliphatic carbocycles. The number of hydrogen-bond acceptors (Lipinski definition) is 5. The molecule has 172 valence electrons. The zero-order valence-corrected chi connectivity index (χ0v) is 19.2. The van der Waals surface area contributed by atoms with Crippen LogP contribution in [0, 0.1) is 0 Å². The average molecular weight is 441 g/mol. The van der Waals surface area contributed by atoms with Gasteiger partial charge in [0.1, 0.15) is 23.7 Å². The fourth-order valence-electron chi connectivity index (χ4n) is 3.67. The van der Waals surface area contributed by atoms with Crippen LogP contribution in [0.5, 0.6) is 11.5 Å². The highest BCUT2D eigenvalue weighted by Gasteiger charge is 2.32. The lowest BCUT2D eigenvalue weighted by atomic mass is 10.1. The Balaban J connectivity index is 1.63. The van der Waals surface area contributed by atoms with E-state index in [1.807, 2.05) is 58.0 Å². The summed E-state index contributed by atoms with van der Waals surface area (Å²) in [5, 5.41) is 9.95. The maximum atomic E-state index is 13.1. The smallest absolute Gasteiger partial charge is 0.410 e. The summed E-state index contributed by atoms with van der Waals surface area (Å²) in [7, 11) is 0. The molecule has 7 heteroatoms. The minimum atomic E-state index is -0.557. The number of hydrogen-bond donors (Lipinski definition) is 1. The molecule has 1 heterocycles. The van der Waals surface area contributed by atoms with Crippen molar-refractivity contribution in [3.63, 3.8) is 0 Å². The van der Waals surface area contributed by atoms with Gasteiger partial charge in [-0.3, -0.25) is 4.79 Å². The van der Waals surface area contributed by atoms with E-state index in [1.165, 1.54) is 0 Å². The first-order chi connectivity index (χ1) is 15.1. The van der Waals surface area contributed by atoms with E-state index in [1.54, 1.807) is 28.0 Å². The summed E-state index contributed by atoms with van der Waals surface area (Å²) in [5.41, 5.74) is 1.09. The van der Waals surface area contributed by atoms with Crippen molar-refractivity contribution in [3.8, 4) is 11.5 Å². The fraction of sp³-hybridized carbons (Fsp3) is 0.440. The number of aromatic hydroxyl groups is 1. The highest BCUT2D eigenvalue weighted by molar-refractivity contribution is 5.80. The molecule has 32 heavy (non-hydrogen) atoms. The van der Waals surface area contributed by atoms with Crippen LogP contribution < -0.4 is 4.74 Å². The van der Waals surface area contributed by atoms with Gasteiger partial charge in [-0.15, -0.1) is 0 Å². The second-order valence-electron chi connectivity index (χ2n) is 9.11. The topological polar surface area (TPSA) is 79.3 Å². The van der Waals surface area contributed by atoms with Crippen molar-refractivity contribution in [3.05, 3.63) is 59.7 Å². The first-order valence-electron chi connectivity index (χ1n) is 10.9. The van der Waals surface area contributed by atoms with E-state index < -0.39 is 5.60 Å². The van der Waals surface area contributed by atoms with E-state index >= 15 is 0 Å². The molecule has 0 bridgehead atoms. The van der Waals surface area contributed by atoms with Gasteiger partial charge in [-0.05, 0) is 51.5 Å². The van der Waals surface area contributed by atoms with Gasteiger partial charge in [0.05, 0.1) is 6.42 Å². The number of piperazine rings is 1. The van der Waals surface area contributed by atoms with E-state index in [9.17, 15) is 14.7 Å². The molecule has 3 rings (SSSR count). The molecule has 1 fully saturated rings. The van der Waals surface area contributed by atoms with Crippen molar-refractivity contribution in [2.24, 2.45) is 0 Å². The fourth-order valence-corrected chi connectivity index (χ4v) is 3.67. The normalized spacial score (nSPS) is 16.6. The summed E-state index contributed by atoms with van der Waals surface area (Å²) < 4.78 is 11.4. The lowest BCUT2D eigenvalue weighted by molar-refractivity contribution is -0.134. The lowest BCUT2D eigenvalue weighted by Crippen LogP contribution is -2.56. The molecule has 1 aliphatic rings. The van der Waals surface area contributed by atoms with Gasteiger partial charge < -0.3 is 24.4 Å². The third kappa shape index (κ3) is 6.39. The molecule has 0 saturated carbocycles. The zero-order valence-electron chi connectivity index (χ0n) is 19.2. The molecule has 1 aliphatic heterocycles. The number of phenols is 1. The maximum Gasteiger partial charge on any atom is 0.410 e. The number of amides is 2. The molecule has 0 spiro atoms. The molecule has 1 saturated heterocycles. The predicted molar refractivity (Wildman–Crippen MR) is 122 cm³/mol. The Kier molecular flexibility index (Phi) is 7.28. The summed E-state index contributed by atoms with van der Waals surface area (Å²) in [6.07, 6.45) is -0.254. The van der Waals surface area contributed by atoms with E-state index in [0.717, 1.165) is 5.56 Å². The van der Waals surface area contributed by atoms with Crippen LogP contribution in [0.2, 0.25) is 0 Å². The molecular weight excluding hydrogens is 408 g/mol. The van der Waals surface area contributed by atoms with Crippen molar-refractivity contribution in [1.29, 1.82) is 0 Å². The van der Waals surface area contributed by atoms with E-state index in [0.29, 0.717) is 37.6 Å². The standard InChI is InChI=1S/C25H32N2O5/c1-18-16-26(24(30)32-25(2,3)4)12-13-27(18)23(29)15-20-14-21(28)10-11-22(20)31-17-19-8-6-5-7-9-19/h5-11,14,18,28H,12-13,15-17H2,1-4H3/t18-/m1/s1. The van der Waals surface area contributed by atoms with Crippen LogP contribution in [0.4, 0.5) is 4.79 Å². The van der Waals surface area contributed by atoms with Crippen molar-refractivity contribution in [2.45, 2.75) is 52.4 Å². The highest BCUT2D eigenvalue weighted by Crippen LogP contribution is 2.26. The van der Waals surface area contributed by atoms with Gasteiger partial charge in [-0.2, -0.15) is 0 Å². The number of phenolic OH excluding ortho intramolecular Hbond substituents is 1. The third-order valence-corrected chi connectivity index (χ3v) is 5.22. The molecule has 0 unspecified atom stereocenters. The summed E-state index contributed by atoms with van der Waals surface area (Å²) in [5.74, 6) is 0.583.